The van der Waals surface area contributed by atoms with Gasteiger partial charge < -0.3 is 10.2 Å². The Hall–Kier alpha value is -1.35. The van der Waals surface area contributed by atoms with Gasteiger partial charge in [0.2, 0.25) is 5.91 Å². The van der Waals surface area contributed by atoms with Crippen LogP contribution in [0.1, 0.15) is 50.5 Å². The van der Waals surface area contributed by atoms with E-state index in [0.29, 0.717) is 17.9 Å². The van der Waals surface area contributed by atoms with E-state index in [4.69, 9.17) is 0 Å². The third-order valence-corrected chi connectivity index (χ3v) is 5.45. The molecular weight excluding hydrogens is 284 g/mol. The molecule has 2 fully saturated rings. The van der Waals surface area contributed by atoms with Crippen molar-refractivity contribution >= 4 is 5.91 Å². The van der Waals surface area contributed by atoms with Gasteiger partial charge in [0.15, 0.2) is 0 Å². The van der Waals surface area contributed by atoms with E-state index in [1.807, 2.05) is 0 Å². The molecule has 1 aliphatic heterocycles. The van der Waals surface area contributed by atoms with Gasteiger partial charge in [0.05, 0.1) is 0 Å². The van der Waals surface area contributed by atoms with Crippen LogP contribution in [-0.2, 0) is 11.2 Å². The van der Waals surface area contributed by atoms with E-state index in [1.54, 1.807) is 0 Å². The van der Waals surface area contributed by atoms with Crippen LogP contribution in [0.5, 0.6) is 0 Å². The van der Waals surface area contributed by atoms with Gasteiger partial charge in [-0.3, -0.25) is 4.79 Å². The molecule has 1 atom stereocenters. The van der Waals surface area contributed by atoms with E-state index < -0.39 is 0 Å². The molecule has 1 unspecified atom stereocenters. The molecule has 3 nitrogen and oxygen atoms in total. The summed E-state index contributed by atoms with van der Waals surface area (Å²) >= 11 is 0. The van der Waals surface area contributed by atoms with Crippen molar-refractivity contribution in [3.63, 3.8) is 0 Å². The third-order valence-electron chi connectivity index (χ3n) is 5.45. The third kappa shape index (κ3) is 4.81. The molecule has 1 saturated heterocycles. The number of nitrogens with one attached hydrogen (secondary N) is 1. The molecule has 1 aromatic rings. The molecule has 0 spiro atoms. The maximum Gasteiger partial charge on any atom is 0.223 e. The molecule has 1 amide bonds. The monoisotopic (exact) mass is 314 g/mol. The number of carbonyl (C=O) groups is 1. The first-order chi connectivity index (χ1) is 11.3. The maximum absolute atomic E-state index is 12.9. The molecule has 1 aromatic carbocycles. The van der Waals surface area contributed by atoms with E-state index in [-0.39, 0.29) is 0 Å². The number of hydrogen-bond acceptors (Lipinski definition) is 2. The molecule has 1 aliphatic carbocycles. The van der Waals surface area contributed by atoms with Crippen molar-refractivity contribution in [1.29, 1.82) is 0 Å². The minimum absolute atomic E-state index is 0.390. The first-order valence-corrected chi connectivity index (χ1v) is 9.37. The second kappa shape index (κ2) is 8.49. The molecule has 3 heteroatoms. The maximum atomic E-state index is 12.9. The van der Waals surface area contributed by atoms with Crippen LogP contribution in [0.2, 0.25) is 0 Å². The predicted octanol–water partition coefficient (Wildman–Crippen LogP) is 3.39. The summed E-state index contributed by atoms with van der Waals surface area (Å²) in [4.78, 5) is 15.1. The summed E-state index contributed by atoms with van der Waals surface area (Å²) in [7, 11) is 0. The highest BCUT2D eigenvalue weighted by Gasteiger charge is 2.27. The number of amides is 1. The summed E-state index contributed by atoms with van der Waals surface area (Å²) in [5, 5.41) is 3.38. The topological polar surface area (TPSA) is 32.3 Å². The van der Waals surface area contributed by atoms with Gasteiger partial charge in [-0.05, 0) is 50.3 Å². The smallest absolute Gasteiger partial charge is 0.223 e. The van der Waals surface area contributed by atoms with Crippen LogP contribution >= 0.6 is 0 Å². The molecule has 0 aromatic heterocycles. The number of carbonyl (C=O) groups excluding carboxylic acids is 1. The van der Waals surface area contributed by atoms with Gasteiger partial charge in [-0.15, -0.1) is 0 Å². The SMILES string of the molecule is O=C(CC1CCNC1)N(CCc1ccccc1)C1CCCCC1. The highest BCUT2D eigenvalue weighted by Crippen LogP contribution is 2.25. The van der Waals surface area contributed by atoms with Crippen molar-refractivity contribution in [3.8, 4) is 0 Å². The minimum Gasteiger partial charge on any atom is -0.339 e. The summed E-state index contributed by atoms with van der Waals surface area (Å²) in [6.45, 7) is 2.97. The second-order valence-corrected chi connectivity index (χ2v) is 7.18. The highest BCUT2D eigenvalue weighted by atomic mass is 16.2. The van der Waals surface area contributed by atoms with Crippen LogP contribution in [0.15, 0.2) is 30.3 Å². The quantitative estimate of drug-likeness (QED) is 0.873. The number of benzene rings is 1. The molecule has 1 saturated carbocycles. The zero-order valence-corrected chi connectivity index (χ0v) is 14.2. The Morgan fingerprint density at radius 3 is 2.57 bits per heavy atom. The fourth-order valence-electron chi connectivity index (χ4n) is 4.05. The van der Waals surface area contributed by atoms with Crippen LogP contribution in [0.3, 0.4) is 0 Å². The van der Waals surface area contributed by atoms with Gasteiger partial charge in [0.1, 0.15) is 0 Å². The highest BCUT2D eigenvalue weighted by molar-refractivity contribution is 5.77. The Balaban J connectivity index is 1.61. The van der Waals surface area contributed by atoms with E-state index in [2.05, 4.69) is 40.5 Å². The molecule has 23 heavy (non-hydrogen) atoms. The van der Waals surface area contributed by atoms with Crippen LogP contribution in [-0.4, -0.2) is 36.5 Å². The van der Waals surface area contributed by atoms with Crippen molar-refractivity contribution in [3.05, 3.63) is 35.9 Å². The minimum atomic E-state index is 0.390. The van der Waals surface area contributed by atoms with Crippen molar-refractivity contribution in [2.45, 2.75) is 57.4 Å². The number of rotatable bonds is 6. The largest absolute Gasteiger partial charge is 0.339 e. The standard InChI is InChI=1S/C20H30N2O/c23-20(15-18-11-13-21-16-18)22(19-9-5-2-6-10-19)14-12-17-7-3-1-4-8-17/h1,3-4,7-8,18-19,21H,2,5-6,9-16H2. The fraction of sp³-hybridized carbons (Fsp3) is 0.650. The Kier molecular flexibility index (Phi) is 6.09. The molecule has 0 radical (unpaired) electrons. The average molecular weight is 314 g/mol. The van der Waals surface area contributed by atoms with Crippen molar-refractivity contribution < 1.29 is 4.79 Å². The Morgan fingerprint density at radius 2 is 1.87 bits per heavy atom. The lowest BCUT2D eigenvalue weighted by atomic mass is 9.93. The lowest BCUT2D eigenvalue weighted by molar-refractivity contribution is -0.135. The lowest BCUT2D eigenvalue weighted by Gasteiger charge is -2.35. The van der Waals surface area contributed by atoms with Crippen LogP contribution in [0.25, 0.3) is 0 Å². The Bertz CT molecular complexity index is 476. The summed E-state index contributed by atoms with van der Waals surface area (Å²) in [5.74, 6) is 0.937. The van der Waals surface area contributed by atoms with Crippen LogP contribution in [0.4, 0.5) is 0 Å². The fourth-order valence-corrected chi connectivity index (χ4v) is 4.05. The first-order valence-electron chi connectivity index (χ1n) is 9.37. The summed E-state index contributed by atoms with van der Waals surface area (Å²) in [6, 6.07) is 11.1. The van der Waals surface area contributed by atoms with Gasteiger partial charge in [-0.1, -0.05) is 49.6 Å². The first kappa shape index (κ1) is 16.5. The van der Waals surface area contributed by atoms with E-state index >= 15 is 0 Å². The Morgan fingerprint density at radius 1 is 1.09 bits per heavy atom. The molecule has 0 bridgehead atoms. The van der Waals surface area contributed by atoms with Gasteiger partial charge in [-0.25, -0.2) is 0 Å². The van der Waals surface area contributed by atoms with Gasteiger partial charge in [0.25, 0.3) is 0 Å². The zero-order valence-electron chi connectivity index (χ0n) is 14.2. The molecule has 1 N–H and O–H groups in total. The van der Waals surface area contributed by atoms with Crippen molar-refractivity contribution in [1.82, 2.24) is 10.2 Å². The molecule has 2 aliphatic rings. The normalized spacial score (nSPS) is 22.2. The summed E-state index contributed by atoms with van der Waals surface area (Å²) < 4.78 is 0. The van der Waals surface area contributed by atoms with Crippen molar-refractivity contribution in [2.24, 2.45) is 5.92 Å². The van der Waals surface area contributed by atoms with Crippen LogP contribution < -0.4 is 5.32 Å². The second-order valence-electron chi connectivity index (χ2n) is 7.18. The predicted molar refractivity (Wildman–Crippen MR) is 94.3 cm³/mol. The number of hydrogen-bond donors (Lipinski definition) is 1. The molecule has 126 valence electrons. The number of nitrogens with zero attached hydrogens (tertiary/aromatic N) is 1. The van der Waals surface area contributed by atoms with Gasteiger partial charge >= 0.3 is 0 Å². The zero-order chi connectivity index (χ0) is 15.9. The van der Waals surface area contributed by atoms with Gasteiger partial charge in [0, 0.05) is 19.0 Å². The van der Waals surface area contributed by atoms with E-state index in [9.17, 15) is 4.79 Å². The summed E-state index contributed by atoms with van der Waals surface area (Å²) in [5.41, 5.74) is 1.34. The molecule has 1 heterocycles. The van der Waals surface area contributed by atoms with Crippen molar-refractivity contribution in [2.75, 3.05) is 19.6 Å². The van der Waals surface area contributed by atoms with Gasteiger partial charge in [-0.2, -0.15) is 0 Å². The average Bonchev–Trinajstić information content (AvgIpc) is 3.10. The molecule has 3 rings (SSSR count). The lowest BCUT2D eigenvalue weighted by Crippen LogP contribution is -2.43. The molecular formula is C20H30N2O. The summed E-state index contributed by atoms with van der Waals surface area (Å²) in [6.07, 6.45) is 9.17. The van der Waals surface area contributed by atoms with E-state index in [0.717, 1.165) is 38.9 Å². The Labute approximate surface area is 140 Å². The van der Waals surface area contributed by atoms with E-state index in [1.165, 1.54) is 37.7 Å². The van der Waals surface area contributed by atoms with Crippen LogP contribution in [0, 0.1) is 5.92 Å².